The van der Waals surface area contributed by atoms with Gasteiger partial charge in [0, 0.05) is 12.0 Å². The minimum Gasteiger partial charge on any atom is -0.461 e. The van der Waals surface area contributed by atoms with Gasteiger partial charge in [0.2, 0.25) is 0 Å². The fourth-order valence-corrected chi connectivity index (χ4v) is 2.93. The molecule has 26 heavy (non-hydrogen) atoms. The number of hydrogen-bond donors (Lipinski definition) is 0. The monoisotopic (exact) mass is 391 g/mol. The Labute approximate surface area is 150 Å². The summed E-state index contributed by atoms with van der Waals surface area (Å²) < 4.78 is 67.3. The number of alkyl halides is 3. The summed E-state index contributed by atoms with van der Waals surface area (Å²) in [5, 5.41) is 0.369. The summed E-state index contributed by atoms with van der Waals surface area (Å²) in [7, 11) is 0. The van der Waals surface area contributed by atoms with Crippen LogP contribution in [0.25, 0.3) is 10.6 Å². The van der Waals surface area contributed by atoms with Crippen LogP contribution in [-0.2, 0) is 10.9 Å². The van der Waals surface area contributed by atoms with E-state index in [0.717, 1.165) is 23.5 Å². The lowest BCUT2D eigenvalue weighted by atomic mass is 10.1. The molecule has 0 bridgehead atoms. The zero-order valence-electron chi connectivity index (χ0n) is 13.8. The molecule has 2 aromatic rings. The Morgan fingerprint density at radius 3 is 2.35 bits per heavy atom. The van der Waals surface area contributed by atoms with Crippen molar-refractivity contribution in [1.29, 1.82) is 0 Å². The van der Waals surface area contributed by atoms with Crippen LogP contribution in [0.15, 0.2) is 35.9 Å². The Bertz CT molecular complexity index is 821. The second kappa shape index (κ2) is 7.94. The predicted molar refractivity (Wildman–Crippen MR) is 87.1 cm³/mol. The van der Waals surface area contributed by atoms with E-state index < -0.39 is 23.8 Å². The molecule has 0 saturated heterocycles. The SMILES string of the molecule is CC(CCOC(=O)c1sc(-c2ccc(C(F)(F)F)cc2)nc1C)=C(F)F. The van der Waals surface area contributed by atoms with Gasteiger partial charge in [-0.1, -0.05) is 12.1 Å². The molecule has 0 aliphatic rings. The summed E-state index contributed by atoms with van der Waals surface area (Å²) in [6, 6.07) is 4.41. The van der Waals surface area contributed by atoms with Gasteiger partial charge >= 0.3 is 12.1 Å². The number of hydrogen-bond acceptors (Lipinski definition) is 4. The van der Waals surface area contributed by atoms with Gasteiger partial charge in [-0.2, -0.15) is 22.0 Å². The lowest BCUT2D eigenvalue weighted by Gasteiger charge is -2.06. The van der Waals surface area contributed by atoms with Gasteiger partial charge in [0.05, 0.1) is 17.9 Å². The van der Waals surface area contributed by atoms with Crippen LogP contribution in [0.5, 0.6) is 0 Å². The van der Waals surface area contributed by atoms with Gasteiger partial charge < -0.3 is 4.74 Å². The first kappa shape index (κ1) is 20.0. The molecule has 9 heteroatoms. The average molecular weight is 391 g/mol. The smallest absolute Gasteiger partial charge is 0.416 e. The number of carbonyl (C=O) groups is 1. The van der Waals surface area contributed by atoms with E-state index in [-0.39, 0.29) is 23.5 Å². The summed E-state index contributed by atoms with van der Waals surface area (Å²) >= 11 is 0.972. The lowest BCUT2D eigenvalue weighted by molar-refractivity contribution is -0.137. The Kier molecular flexibility index (Phi) is 6.12. The topological polar surface area (TPSA) is 39.2 Å². The summed E-state index contributed by atoms with van der Waals surface area (Å²) in [5.41, 5.74) is -0.149. The zero-order chi connectivity index (χ0) is 19.5. The van der Waals surface area contributed by atoms with Crippen LogP contribution < -0.4 is 0 Å². The van der Waals surface area contributed by atoms with Crippen molar-refractivity contribution < 1.29 is 31.5 Å². The van der Waals surface area contributed by atoms with Crippen LogP contribution in [0, 0.1) is 6.92 Å². The predicted octanol–water partition coefficient (Wildman–Crippen LogP) is 5.85. The van der Waals surface area contributed by atoms with E-state index in [1.807, 2.05) is 0 Å². The number of rotatable bonds is 5. The molecule has 0 aliphatic heterocycles. The maximum atomic E-state index is 12.6. The average Bonchev–Trinajstić information content (AvgIpc) is 2.95. The Balaban J connectivity index is 2.11. The summed E-state index contributed by atoms with van der Waals surface area (Å²) in [6.45, 7) is 2.60. The number of benzene rings is 1. The summed E-state index contributed by atoms with van der Waals surface area (Å²) in [4.78, 5) is 16.4. The quantitative estimate of drug-likeness (QED) is 0.474. The molecule has 3 nitrogen and oxygen atoms in total. The standard InChI is InChI=1S/C17H14F5NO2S/c1-9(14(18)19)7-8-25-16(24)13-10(2)23-15(26-13)11-3-5-12(6-4-11)17(20,21)22/h3-6H,7-8H2,1-2H3. The molecule has 0 atom stereocenters. The van der Waals surface area contributed by atoms with Crippen molar-refractivity contribution in [3.63, 3.8) is 0 Å². The minimum absolute atomic E-state index is 0.0856. The van der Waals surface area contributed by atoms with Crippen molar-refractivity contribution >= 4 is 17.3 Å². The van der Waals surface area contributed by atoms with Crippen molar-refractivity contribution in [3.05, 3.63) is 52.1 Å². The number of aryl methyl sites for hydroxylation is 1. The molecule has 0 N–H and O–H groups in total. The van der Waals surface area contributed by atoms with Crippen LogP contribution in [-0.4, -0.2) is 17.6 Å². The van der Waals surface area contributed by atoms with E-state index in [9.17, 15) is 26.7 Å². The Hall–Kier alpha value is -2.29. The van der Waals surface area contributed by atoms with E-state index in [4.69, 9.17) is 4.74 Å². The highest BCUT2D eigenvalue weighted by atomic mass is 32.1. The number of aromatic nitrogens is 1. The molecule has 1 aromatic carbocycles. The molecule has 0 saturated carbocycles. The van der Waals surface area contributed by atoms with Crippen LogP contribution in [0.3, 0.4) is 0 Å². The van der Waals surface area contributed by atoms with E-state index >= 15 is 0 Å². The van der Waals surface area contributed by atoms with Gasteiger partial charge in [0.1, 0.15) is 9.88 Å². The maximum absolute atomic E-state index is 12.6. The van der Waals surface area contributed by atoms with Gasteiger partial charge in [-0.25, -0.2) is 9.78 Å². The first-order valence-corrected chi connectivity index (χ1v) is 8.24. The van der Waals surface area contributed by atoms with Crippen molar-refractivity contribution in [1.82, 2.24) is 4.98 Å². The van der Waals surface area contributed by atoms with Gasteiger partial charge in [0.25, 0.3) is 6.08 Å². The number of esters is 1. The van der Waals surface area contributed by atoms with Gasteiger partial charge in [-0.15, -0.1) is 11.3 Å². The first-order chi connectivity index (χ1) is 12.1. The van der Waals surface area contributed by atoms with E-state index in [1.165, 1.54) is 19.1 Å². The first-order valence-electron chi connectivity index (χ1n) is 7.42. The van der Waals surface area contributed by atoms with E-state index in [0.29, 0.717) is 16.3 Å². The highest BCUT2D eigenvalue weighted by molar-refractivity contribution is 7.17. The highest BCUT2D eigenvalue weighted by Crippen LogP contribution is 2.33. The van der Waals surface area contributed by atoms with Crippen LogP contribution in [0.1, 0.15) is 34.3 Å². The number of thiazole rings is 1. The lowest BCUT2D eigenvalue weighted by Crippen LogP contribution is -2.06. The van der Waals surface area contributed by atoms with Gasteiger partial charge in [0.15, 0.2) is 0 Å². The molecule has 0 spiro atoms. The van der Waals surface area contributed by atoms with Crippen LogP contribution in [0.4, 0.5) is 22.0 Å². The van der Waals surface area contributed by atoms with Crippen molar-refractivity contribution in [2.45, 2.75) is 26.4 Å². The number of ether oxygens (including phenoxy) is 1. The molecule has 0 unspecified atom stereocenters. The summed E-state index contributed by atoms with van der Waals surface area (Å²) in [6.07, 6.45) is -6.32. The fourth-order valence-electron chi connectivity index (χ4n) is 1.97. The number of carbonyl (C=O) groups excluding carboxylic acids is 1. The second-order valence-corrected chi connectivity index (χ2v) is 6.43. The zero-order valence-corrected chi connectivity index (χ0v) is 14.6. The second-order valence-electron chi connectivity index (χ2n) is 5.44. The molecule has 1 aromatic heterocycles. The third-order valence-electron chi connectivity index (χ3n) is 3.47. The van der Waals surface area contributed by atoms with E-state index in [1.54, 1.807) is 6.92 Å². The maximum Gasteiger partial charge on any atom is 0.416 e. The number of halogens is 5. The molecule has 2 rings (SSSR count). The van der Waals surface area contributed by atoms with E-state index in [2.05, 4.69) is 4.98 Å². The third kappa shape index (κ3) is 4.87. The van der Waals surface area contributed by atoms with Crippen molar-refractivity contribution in [2.24, 2.45) is 0 Å². The Morgan fingerprint density at radius 2 is 1.81 bits per heavy atom. The molecule has 0 amide bonds. The third-order valence-corrected chi connectivity index (χ3v) is 4.66. The molecule has 140 valence electrons. The summed E-state index contributed by atoms with van der Waals surface area (Å²) in [5.74, 6) is -0.703. The molecule has 0 fully saturated rings. The van der Waals surface area contributed by atoms with Crippen molar-refractivity contribution in [2.75, 3.05) is 6.61 Å². The molecule has 0 radical (unpaired) electrons. The number of nitrogens with zero attached hydrogens (tertiary/aromatic N) is 1. The van der Waals surface area contributed by atoms with Crippen LogP contribution in [0.2, 0.25) is 0 Å². The van der Waals surface area contributed by atoms with Gasteiger partial charge in [-0.05, 0) is 31.6 Å². The molecule has 0 aliphatic carbocycles. The fraction of sp³-hybridized carbons (Fsp3) is 0.294. The largest absolute Gasteiger partial charge is 0.461 e. The highest BCUT2D eigenvalue weighted by Gasteiger charge is 2.30. The van der Waals surface area contributed by atoms with Gasteiger partial charge in [-0.3, -0.25) is 0 Å². The normalized spacial score (nSPS) is 11.3. The molecule has 1 heterocycles. The molecular formula is C17H14F5NO2S. The minimum atomic E-state index is -4.43. The van der Waals surface area contributed by atoms with Crippen LogP contribution >= 0.6 is 11.3 Å². The van der Waals surface area contributed by atoms with Crippen molar-refractivity contribution in [3.8, 4) is 10.6 Å². The molecular weight excluding hydrogens is 377 g/mol. The Morgan fingerprint density at radius 1 is 1.19 bits per heavy atom.